The van der Waals surface area contributed by atoms with Gasteiger partial charge in [0.05, 0.1) is 5.52 Å². The van der Waals surface area contributed by atoms with Crippen molar-refractivity contribution in [3.8, 4) is 0 Å². The summed E-state index contributed by atoms with van der Waals surface area (Å²) in [5.74, 6) is -1.29. The van der Waals surface area contributed by atoms with Gasteiger partial charge in [-0.25, -0.2) is 14.8 Å². The molecule has 0 saturated heterocycles. The molecule has 0 radical (unpaired) electrons. The smallest absolute Gasteiger partial charge is 0.331 e. The van der Waals surface area contributed by atoms with Gasteiger partial charge in [0, 0.05) is 17.0 Å². The second-order valence-electron chi connectivity index (χ2n) is 3.99. The molecular formula is C13H12N4O3. The van der Waals surface area contributed by atoms with Gasteiger partial charge in [0.15, 0.2) is 5.82 Å². The average Bonchev–Trinajstić information content (AvgIpc) is 2.44. The lowest BCUT2D eigenvalue weighted by Gasteiger charge is -2.08. The minimum absolute atomic E-state index is 0.0585. The number of rotatable bonds is 4. The van der Waals surface area contributed by atoms with Gasteiger partial charge in [0.2, 0.25) is 0 Å². The summed E-state index contributed by atoms with van der Waals surface area (Å²) in [5.41, 5.74) is 5.68. The molecule has 3 N–H and O–H groups in total. The van der Waals surface area contributed by atoms with E-state index in [0.29, 0.717) is 5.82 Å². The first-order valence-electron chi connectivity index (χ1n) is 5.75. The Morgan fingerprint density at radius 2 is 2.00 bits per heavy atom. The fourth-order valence-electron chi connectivity index (χ4n) is 1.52. The predicted octanol–water partition coefficient (Wildman–Crippen LogP) is 1.10. The minimum Gasteiger partial charge on any atom is -0.478 e. The first-order chi connectivity index (χ1) is 9.58. The molecule has 7 nitrogen and oxygen atoms in total. The van der Waals surface area contributed by atoms with Crippen LogP contribution in [0.1, 0.15) is 6.92 Å². The number of anilines is 1. The summed E-state index contributed by atoms with van der Waals surface area (Å²) in [4.78, 5) is 30.2. The molecule has 7 heteroatoms. The van der Waals surface area contributed by atoms with Crippen LogP contribution in [0.5, 0.6) is 0 Å². The van der Waals surface area contributed by atoms with E-state index < -0.39 is 11.9 Å². The highest BCUT2D eigenvalue weighted by molar-refractivity contribution is 5.98. The lowest BCUT2D eigenvalue weighted by molar-refractivity contribution is -0.133. The fraction of sp³-hybridized carbons (Fsp3) is 0.0769. The van der Waals surface area contributed by atoms with Crippen LogP contribution in [-0.4, -0.2) is 27.0 Å². The Labute approximate surface area is 114 Å². The van der Waals surface area contributed by atoms with Crippen LogP contribution >= 0.6 is 0 Å². The monoisotopic (exact) mass is 272 g/mol. The first kappa shape index (κ1) is 13.5. The van der Waals surface area contributed by atoms with E-state index in [-0.39, 0.29) is 5.57 Å². The number of nitrogens with one attached hydrogen (secondary N) is 2. The lowest BCUT2D eigenvalue weighted by Crippen LogP contribution is -2.28. The zero-order chi connectivity index (χ0) is 14.5. The molecule has 2 rings (SSSR count). The number of amides is 1. The van der Waals surface area contributed by atoms with Gasteiger partial charge in [0.1, 0.15) is 6.33 Å². The molecule has 20 heavy (non-hydrogen) atoms. The predicted molar refractivity (Wildman–Crippen MR) is 72.7 cm³/mol. The molecular weight excluding hydrogens is 260 g/mol. The zero-order valence-electron chi connectivity index (χ0n) is 10.6. The summed E-state index contributed by atoms with van der Waals surface area (Å²) in [7, 11) is 0. The maximum Gasteiger partial charge on any atom is 0.331 e. The number of nitrogens with zero attached hydrogens (tertiary/aromatic N) is 2. The number of carbonyl (C=O) groups is 2. The number of fused-ring (bicyclic) bond motifs is 1. The minimum atomic E-state index is -1.15. The Balaban J connectivity index is 2.12. The van der Waals surface area contributed by atoms with E-state index in [9.17, 15) is 9.59 Å². The van der Waals surface area contributed by atoms with E-state index >= 15 is 0 Å². The van der Waals surface area contributed by atoms with Crippen molar-refractivity contribution in [2.24, 2.45) is 0 Å². The van der Waals surface area contributed by atoms with Crippen LogP contribution in [0.25, 0.3) is 10.9 Å². The third kappa shape index (κ3) is 3.08. The van der Waals surface area contributed by atoms with Crippen molar-refractivity contribution >= 4 is 28.6 Å². The van der Waals surface area contributed by atoms with Crippen molar-refractivity contribution in [2.75, 3.05) is 5.43 Å². The first-order valence-corrected chi connectivity index (χ1v) is 5.75. The highest BCUT2D eigenvalue weighted by Gasteiger charge is 2.06. The molecule has 1 aromatic heterocycles. The van der Waals surface area contributed by atoms with Gasteiger partial charge >= 0.3 is 5.97 Å². The number of hydrogen-bond donors (Lipinski definition) is 3. The molecule has 1 heterocycles. The number of aliphatic carboxylic acids is 1. The second-order valence-corrected chi connectivity index (χ2v) is 3.99. The average molecular weight is 272 g/mol. The van der Waals surface area contributed by atoms with Crippen LogP contribution in [0.3, 0.4) is 0 Å². The Morgan fingerprint density at radius 3 is 2.75 bits per heavy atom. The van der Waals surface area contributed by atoms with Gasteiger partial charge in [-0.05, 0) is 19.1 Å². The highest BCUT2D eigenvalue weighted by Crippen LogP contribution is 2.17. The van der Waals surface area contributed by atoms with Gasteiger partial charge in [-0.1, -0.05) is 12.1 Å². The molecule has 1 amide bonds. The topological polar surface area (TPSA) is 104 Å². The van der Waals surface area contributed by atoms with E-state index in [1.807, 2.05) is 24.3 Å². The number of benzene rings is 1. The van der Waals surface area contributed by atoms with Gasteiger partial charge < -0.3 is 5.11 Å². The van der Waals surface area contributed by atoms with Crippen LogP contribution in [-0.2, 0) is 9.59 Å². The number of carboxylic acids is 1. The SMILES string of the molecule is CC(=CC(=O)NNc1ncnc2ccccc12)C(=O)O. The van der Waals surface area contributed by atoms with E-state index in [2.05, 4.69) is 20.8 Å². The standard InChI is InChI=1S/C13H12N4O3/c1-8(13(19)20)6-11(18)16-17-12-9-4-2-3-5-10(9)14-7-15-12/h2-7H,1H3,(H,16,18)(H,19,20)(H,14,15,17). The van der Waals surface area contributed by atoms with Crippen LogP contribution < -0.4 is 10.9 Å². The fourth-order valence-corrected chi connectivity index (χ4v) is 1.52. The molecule has 0 unspecified atom stereocenters. The van der Waals surface area contributed by atoms with Crippen molar-refractivity contribution in [3.05, 3.63) is 42.2 Å². The van der Waals surface area contributed by atoms with Crippen molar-refractivity contribution in [1.82, 2.24) is 15.4 Å². The van der Waals surface area contributed by atoms with Crippen LogP contribution in [0.4, 0.5) is 5.82 Å². The summed E-state index contributed by atoms with van der Waals surface area (Å²) >= 11 is 0. The Hall–Kier alpha value is -2.96. The zero-order valence-corrected chi connectivity index (χ0v) is 10.6. The summed E-state index contributed by atoms with van der Waals surface area (Å²) < 4.78 is 0. The Bertz CT molecular complexity index is 692. The van der Waals surface area contributed by atoms with E-state index in [0.717, 1.165) is 17.0 Å². The summed E-state index contributed by atoms with van der Waals surface area (Å²) in [6, 6.07) is 7.30. The van der Waals surface area contributed by atoms with Crippen LogP contribution in [0.15, 0.2) is 42.2 Å². The molecule has 0 atom stereocenters. The summed E-state index contributed by atoms with van der Waals surface area (Å²) in [6.45, 7) is 1.34. The van der Waals surface area contributed by atoms with Crippen molar-refractivity contribution < 1.29 is 14.7 Å². The van der Waals surface area contributed by atoms with Crippen LogP contribution in [0.2, 0.25) is 0 Å². The maximum absolute atomic E-state index is 11.5. The van der Waals surface area contributed by atoms with E-state index in [1.165, 1.54) is 13.3 Å². The maximum atomic E-state index is 11.5. The quantitative estimate of drug-likeness (QED) is 0.569. The summed E-state index contributed by atoms with van der Waals surface area (Å²) in [5, 5.41) is 9.41. The largest absolute Gasteiger partial charge is 0.478 e. The highest BCUT2D eigenvalue weighted by atomic mass is 16.4. The third-order valence-electron chi connectivity index (χ3n) is 2.53. The number of hydrogen-bond acceptors (Lipinski definition) is 5. The number of para-hydroxylation sites is 1. The molecule has 1 aromatic carbocycles. The number of carbonyl (C=O) groups excluding carboxylic acids is 1. The van der Waals surface area contributed by atoms with Gasteiger partial charge in [-0.3, -0.25) is 15.6 Å². The lowest BCUT2D eigenvalue weighted by atomic mass is 10.2. The second kappa shape index (κ2) is 5.79. The number of aromatic nitrogens is 2. The molecule has 102 valence electrons. The summed E-state index contributed by atoms with van der Waals surface area (Å²) in [6.07, 6.45) is 2.36. The molecule has 0 saturated carbocycles. The number of carboxylic acid groups (broad SMARTS) is 1. The van der Waals surface area contributed by atoms with Gasteiger partial charge in [-0.2, -0.15) is 0 Å². The van der Waals surface area contributed by atoms with Crippen LogP contribution in [0, 0.1) is 0 Å². The molecule has 0 aliphatic carbocycles. The Morgan fingerprint density at radius 1 is 1.25 bits per heavy atom. The number of hydrazine groups is 1. The normalized spacial score (nSPS) is 11.2. The van der Waals surface area contributed by atoms with Crippen molar-refractivity contribution in [3.63, 3.8) is 0 Å². The van der Waals surface area contributed by atoms with Gasteiger partial charge in [-0.15, -0.1) is 0 Å². The molecule has 0 aliphatic heterocycles. The van der Waals surface area contributed by atoms with E-state index in [4.69, 9.17) is 5.11 Å². The molecule has 0 fully saturated rings. The molecule has 0 bridgehead atoms. The van der Waals surface area contributed by atoms with E-state index in [1.54, 1.807) is 0 Å². The Kier molecular flexibility index (Phi) is 3.90. The third-order valence-corrected chi connectivity index (χ3v) is 2.53. The molecule has 0 spiro atoms. The van der Waals surface area contributed by atoms with Gasteiger partial charge in [0.25, 0.3) is 5.91 Å². The molecule has 2 aromatic rings. The van der Waals surface area contributed by atoms with Crippen molar-refractivity contribution in [2.45, 2.75) is 6.92 Å². The molecule has 0 aliphatic rings. The van der Waals surface area contributed by atoms with Crippen molar-refractivity contribution in [1.29, 1.82) is 0 Å².